The smallest absolute Gasteiger partial charge is 0.245 e. The van der Waals surface area contributed by atoms with E-state index in [0.717, 1.165) is 11.4 Å². The number of aryl methyl sites for hydroxylation is 1. The van der Waals surface area contributed by atoms with Crippen molar-refractivity contribution in [1.82, 2.24) is 15.2 Å². The maximum absolute atomic E-state index is 11.8. The molecule has 1 atom stereocenters. The Hall–Kier alpha value is -1.43. The minimum atomic E-state index is -0.429. The van der Waals surface area contributed by atoms with Crippen LogP contribution >= 0.6 is 11.3 Å². The van der Waals surface area contributed by atoms with Crippen molar-refractivity contribution in [2.75, 3.05) is 6.54 Å². The Morgan fingerprint density at radius 3 is 3.00 bits per heavy atom. The lowest BCUT2D eigenvalue weighted by Crippen LogP contribution is -2.56. The van der Waals surface area contributed by atoms with Crippen molar-refractivity contribution >= 4 is 23.2 Å². The number of nitrogens with zero attached hydrogens (tertiary/aromatic N) is 2. The molecule has 1 aliphatic rings. The summed E-state index contributed by atoms with van der Waals surface area (Å²) in [6, 6.07) is -0.429. The van der Waals surface area contributed by atoms with Crippen molar-refractivity contribution < 1.29 is 9.59 Å². The number of carbonyl (C=O) groups excluding carboxylic acids is 2. The highest BCUT2D eigenvalue weighted by Gasteiger charge is 2.29. The summed E-state index contributed by atoms with van der Waals surface area (Å²) in [6.45, 7) is 4.33. The summed E-state index contributed by atoms with van der Waals surface area (Å²) < 4.78 is 0. The molecule has 2 rings (SSSR count). The van der Waals surface area contributed by atoms with Crippen molar-refractivity contribution in [3.05, 3.63) is 16.1 Å². The molecule has 0 radical (unpaired) electrons. The molecule has 17 heavy (non-hydrogen) atoms. The van der Waals surface area contributed by atoms with Gasteiger partial charge in [0.05, 0.1) is 6.54 Å². The van der Waals surface area contributed by atoms with E-state index in [9.17, 15) is 9.59 Å². The number of hydrogen-bond donors (Lipinski definition) is 1. The van der Waals surface area contributed by atoms with E-state index in [2.05, 4.69) is 17.2 Å². The molecule has 2 amide bonds. The topological polar surface area (TPSA) is 62.3 Å². The Balaban J connectivity index is 2.06. The van der Waals surface area contributed by atoms with E-state index < -0.39 is 6.04 Å². The van der Waals surface area contributed by atoms with Gasteiger partial charge in [0.15, 0.2) is 0 Å². The maximum Gasteiger partial charge on any atom is 0.245 e. The van der Waals surface area contributed by atoms with Crippen molar-refractivity contribution in [1.29, 1.82) is 0 Å². The van der Waals surface area contributed by atoms with Gasteiger partial charge in [0, 0.05) is 11.1 Å². The zero-order chi connectivity index (χ0) is 12.4. The number of thiazole rings is 1. The molecular formula is C11H15N3O2S. The van der Waals surface area contributed by atoms with E-state index in [4.69, 9.17) is 0 Å². The Morgan fingerprint density at radius 2 is 2.35 bits per heavy atom. The van der Waals surface area contributed by atoms with Crippen LogP contribution in [0.4, 0.5) is 0 Å². The van der Waals surface area contributed by atoms with Crippen LogP contribution < -0.4 is 5.32 Å². The fourth-order valence-corrected chi connectivity index (χ4v) is 2.63. The van der Waals surface area contributed by atoms with Gasteiger partial charge in [0.1, 0.15) is 17.6 Å². The van der Waals surface area contributed by atoms with Crippen LogP contribution in [0, 0.1) is 0 Å². The fourth-order valence-electron chi connectivity index (χ4n) is 1.76. The molecule has 5 nitrogen and oxygen atoms in total. The van der Waals surface area contributed by atoms with Crippen molar-refractivity contribution in [2.24, 2.45) is 0 Å². The van der Waals surface area contributed by atoms with Crippen LogP contribution in [0.25, 0.3) is 0 Å². The molecule has 2 heterocycles. The molecule has 1 aromatic heterocycles. The first-order chi connectivity index (χ1) is 8.10. The van der Waals surface area contributed by atoms with Gasteiger partial charge in [-0.1, -0.05) is 6.92 Å². The summed E-state index contributed by atoms with van der Waals surface area (Å²) in [6.07, 6.45) is 2.78. The van der Waals surface area contributed by atoms with Gasteiger partial charge in [0.2, 0.25) is 11.8 Å². The van der Waals surface area contributed by atoms with Crippen LogP contribution in [0.15, 0.2) is 6.20 Å². The van der Waals surface area contributed by atoms with E-state index in [1.807, 2.05) is 6.20 Å². The average Bonchev–Trinajstić information content (AvgIpc) is 2.73. The molecule has 0 spiro atoms. The van der Waals surface area contributed by atoms with Crippen molar-refractivity contribution in [3.8, 4) is 0 Å². The first-order valence-corrected chi connectivity index (χ1v) is 6.43. The molecule has 1 aliphatic heterocycles. The summed E-state index contributed by atoms with van der Waals surface area (Å²) in [5.41, 5.74) is 0. The number of carbonyl (C=O) groups is 2. The van der Waals surface area contributed by atoms with Gasteiger partial charge in [-0.15, -0.1) is 11.3 Å². The standard InChI is InChI=1S/C11H15N3O2S/c1-3-8-4-12-10(17-8)6-14-5-9(15)13-7(2)11(14)16/h4,7H,3,5-6H2,1-2H3,(H,13,15). The summed E-state index contributed by atoms with van der Waals surface area (Å²) in [4.78, 5) is 30.2. The average molecular weight is 253 g/mol. The molecule has 6 heteroatoms. The summed E-state index contributed by atoms with van der Waals surface area (Å²) in [5.74, 6) is -0.151. The molecule has 0 aliphatic carbocycles. The number of aromatic nitrogens is 1. The van der Waals surface area contributed by atoms with E-state index >= 15 is 0 Å². The molecule has 1 unspecified atom stereocenters. The van der Waals surface area contributed by atoms with Gasteiger partial charge >= 0.3 is 0 Å². The van der Waals surface area contributed by atoms with Gasteiger partial charge in [-0.05, 0) is 13.3 Å². The zero-order valence-electron chi connectivity index (χ0n) is 9.90. The molecular weight excluding hydrogens is 238 g/mol. The van der Waals surface area contributed by atoms with Gasteiger partial charge in [-0.2, -0.15) is 0 Å². The van der Waals surface area contributed by atoms with E-state index in [1.54, 1.807) is 23.2 Å². The molecule has 0 aromatic carbocycles. The summed E-state index contributed by atoms with van der Waals surface area (Å²) >= 11 is 1.59. The monoisotopic (exact) mass is 253 g/mol. The van der Waals surface area contributed by atoms with Gasteiger partial charge < -0.3 is 10.2 Å². The van der Waals surface area contributed by atoms with Crippen LogP contribution in [-0.4, -0.2) is 34.3 Å². The highest BCUT2D eigenvalue weighted by atomic mass is 32.1. The lowest BCUT2D eigenvalue weighted by Gasteiger charge is -2.30. The molecule has 0 saturated carbocycles. The van der Waals surface area contributed by atoms with Gasteiger partial charge in [-0.25, -0.2) is 4.98 Å². The second kappa shape index (κ2) is 4.83. The third-order valence-electron chi connectivity index (χ3n) is 2.67. The zero-order valence-corrected chi connectivity index (χ0v) is 10.7. The van der Waals surface area contributed by atoms with E-state index in [1.165, 1.54) is 4.88 Å². The van der Waals surface area contributed by atoms with Crippen LogP contribution in [0.1, 0.15) is 23.7 Å². The number of nitrogens with one attached hydrogen (secondary N) is 1. The van der Waals surface area contributed by atoms with Crippen LogP contribution in [0.2, 0.25) is 0 Å². The predicted octanol–water partition coefficient (Wildman–Crippen LogP) is 0.552. The minimum Gasteiger partial charge on any atom is -0.343 e. The highest BCUT2D eigenvalue weighted by Crippen LogP contribution is 2.16. The number of piperazine rings is 1. The highest BCUT2D eigenvalue weighted by molar-refractivity contribution is 7.11. The Morgan fingerprint density at radius 1 is 1.59 bits per heavy atom. The second-order valence-electron chi connectivity index (χ2n) is 4.06. The summed E-state index contributed by atoms with van der Waals surface area (Å²) in [7, 11) is 0. The third kappa shape index (κ3) is 2.63. The Labute approximate surface area is 104 Å². The maximum atomic E-state index is 11.8. The molecule has 1 fully saturated rings. The van der Waals surface area contributed by atoms with Crippen LogP contribution in [0.5, 0.6) is 0 Å². The Bertz CT molecular complexity index is 444. The Kier molecular flexibility index (Phi) is 3.42. The molecule has 1 aromatic rings. The second-order valence-corrected chi connectivity index (χ2v) is 5.26. The first-order valence-electron chi connectivity index (χ1n) is 5.62. The first kappa shape index (κ1) is 12.0. The molecule has 1 saturated heterocycles. The molecule has 1 N–H and O–H groups in total. The largest absolute Gasteiger partial charge is 0.343 e. The van der Waals surface area contributed by atoms with Crippen LogP contribution in [0.3, 0.4) is 0 Å². The minimum absolute atomic E-state index is 0.0437. The predicted molar refractivity (Wildman–Crippen MR) is 64.5 cm³/mol. The van der Waals surface area contributed by atoms with Gasteiger partial charge in [-0.3, -0.25) is 9.59 Å². The lowest BCUT2D eigenvalue weighted by molar-refractivity contribution is -0.144. The van der Waals surface area contributed by atoms with Crippen molar-refractivity contribution in [2.45, 2.75) is 32.9 Å². The van der Waals surface area contributed by atoms with E-state index in [-0.39, 0.29) is 18.4 Å². The normalized spacial score (nSPS) is 20.6. The quantitative estimate of drug-likeness (QED) is 0.856. The number of rotatable bonds is 3. The van der Waals surface area contributed by atoms with Crippen LogP contribution in [-0.2, 0) is 22.6 Å². The van der Waals surface area contributed by atoms with Gasteiger partial charge in [0.25, 0.3) is 0 Å². The molecule has 92 valence electrons. The molecule has 0 bridgehead atoms. The summed E-state index contributed by atoms with van der Waals surface area (Å²) in [5, 5.41) is 3.50. The fraction of sp³-hybridized carbons (Fsp3) is 0.545. The third-order valence-corrected chi connectivity index (χ3v) is 3.80. The van der Waals surface area contributed by atoms with Crippen molar-refractivity contribution in [3.63, 3.8) is 0 Å². The number of amides is 2. The number of hydrogen-bond acceptors (Lipinski definition) is 4. The SMILES string of the molecule is CCc1cnc(CN2CC(=O)NC(C)C2=O)s1. The van der Waals surface area contributed by atoms with E-state index in [0.29, 0.717) is 6.54 Å². The lowest BCUT2D eigenvalue weighted by atomic mass is 10.2.